The molecule has 0 aliphatic carbocycles. The highest BCUT2D eigenvalue weighted by molar-refractivity contribution is 6.32. The number of benzene rings is 1. The quantitative estimate of drug-likeness (QED) is 0.486. The van der Waals surface area contributed by atoms with Crippen LogP contribution in [0.15, 0.2) is 39.7 Å². The molecule has 0 aliphatic rings. The third kappa shape index (κ3) is 2.98. The summed E-state index contributed by atoms with van der Waals surface area (Å²) >= 11 is 5.66. The standard InChI is InChI=1S/C11H6ClN3O5/c12-9-3-1-7(5-10(9)14(16)17)13-6-8-2-4-11(20-8)15(18)19/h1-6H/b13-6+. The van der Waals surface area contributed by atoms with Crippen LogP contribution in [0.25, 0.3) is 0 Å². The molecule has 9 heteroatoms. The Hall–Kier alpha value is -2.74. The number of hydrogen-bond donors (Lipinski definition) is 0. The van der Waals surface area contributed by atoms with Crippen LogP contribution in [0.4, 0.5) is 17.3 Å². The molecule has 0 aliphatic heterocycles. The predicted octanol–water partition coefficient (Wildman–Crippen LogP) is 3.50. The van der Waals surface area contributed by atoms with Gasteiger partial charge in [0, 0.05) is 6.07 Å². The minimum absolute atomic E-state index is 0.00239. The van der Waals surface area contributed by atoms with Gasteiger partial charge in [-0.15, -0.1) is 0 Å². The minimum Gasteiger partial charge on any atom is -0.400 e. The lowest BCUT2D eigenvalue weighted by Gasteiger charge is -1.96. The van der Waals surface area contributed by atoms with E-state index in [0.717, 1.165) is 0 Å². The summed E-state index contributed by atoms with van der Waals surface area (Å²) in [4.78, 5) is 23.8. The van der Waals surface area contributed by atoms with E-state index >= 15 is 0 Å². The van der Waals surface area contributed by atoms with Crippen LogP contribution in [0.1, 0.15) is 5.76 Å². The number of aliphatic imine (C=N–C) groups is 1. The summed E-state index contributed by atoms with van der Waals surface area (Å²) < 4.78 is 4.86. The van der Waals surface area contributed by atoms with Crippen molar-refractivity contribution in [3.05, 3.63) is 61.3 Å². The van der Waals surface area contributed by atoms with E-state index in [2.05, 4.69) is 4.99 Å². The van der Waals surface area contributed by atoms with Crippen molar-refractivity contribution in [3.63, 3.8) is 0 Å². The zero-order valence-corrected chi connectivity index (χ0v) is 10.5. The van der Waals surface area contributed by atoms with Crippen LogP contribution in [0.3, 0.4) is 0 Å². The Kier molecular flexibility index (Phi) is 3.76. The molecule has 0 radical (unpaired) electrons. The molecule has 2 aromatic rings. The van der Waals surface area contributed by atoms with Crippen molar-refractivity contribution in [3.8, 4) is 0 Å². The smallest absolute Gasteiger partial charge is 0.400 e. The molecule has 0 spiro atoms. The number of nitro groups is 2. The van der Waals surface area contributed by atoms with Gasteiger partial charge in [-0.05, 0) is 18.2 Å². The predicted molar refractivity (Wildman–Crippen MR) is 70.7 cm³/mol. The fourth-order valence-electron chi connectivity index (χ4n) is 1.37. The summed E-state index contributed by atoms with van der Waals surface area (Å²) in [5.74, 6) is -0.247. The first kappa shape index (κ1) is 13.7. The van der Waals surface area contributed by atoms with Gasteiger partial charge in [-0.3, -0.25) is 25.2 Å². The molecular weight excluding hydrogens is 290 g/mol. The third-order valence-corrected chi connectivity index (χ3v) is 2.58. The maximum Gasteiger partial charge on any atom is 0.433 e. The van der Waals surface area contributed by atoms with E-state index in [1.807, 2.05) is 0 Å². The number of nitrogens with zero attached hydrogens (tertiary/aromatic N) is 3. The monoisotopic (exact) mass is 295 g/mol. The van der Waals surface area contributed by atoms with E-state index in [-0.39, 0.29) is 22.2 Å². The highest BCUT2D eigenvalue weighted by Crippen LogP contribution is 2.28. The highest BCUT2D eigenvalue weighted by Gasteiger charge is 2.13. The van der Waals surface area contributed by atoms with E-state index in [0.29, 0.717) is 0 Å². The second kappa shape index (κ2) is 5.49. The first-order chi connectivity index (χ1) is 9.47. The molecule has 0 saturated carbocycles. The van der Waals surface area contributed by atoms with Crippen molar-refractivity contribution in [2.45, 2.75) is 0 Å². The summed E-state index contributed by atoms with van der Waals surface area (Å²) in [6.07, 6.45) is 1.22. The zero-order valence-electron chi connectivity index (χ0n) is 9.72. The van der Waals surface area contributed by atoms with E-state index in [4.69, 9.17) is 16.0 Å². The molecule has 1 aromatic carbocycles. The molecule has 0 amide bonds. The van der Waals surface area contributed by atoms with Gasteiger partial charge in [-0.2, -0.15) is 0 Å². The minimum atomic E-state index is -0.676. The molecule has 0 fully saturated rings. The van der Waals surface area contributed by atoms with Crippen molar-refractivity contribution in [1.82, 2.24) is 0 Å². The summed E-state index contributed by atoms with van der Waals surface area (Å²) in [7, 11) is 0. The normalized spacial score (nSPS) is 10.8. The molecule has 2 rings (SSSR count). The van der Waals surface area contributed by atoms with Crippen LogP contribution in [-0.2, 0) is 0 Å². The van der Waals surface area contributed by atoms with Gasteiger partial charge < -0.3 is 4.42 Å². The third-order valence-electron chi connectivity index (χ3n) is 2.26. The van der Waals surface area contributed by atoms with Gasteiger partial charge in [0.2, 0.25) is 0 Å². The molecule has 1 heterocycles. The number of furan rings is 1. The maximum absolute atomic E-state index is 10.7. The molecular formula is C11H6ClN3O5. The van der Waals surface area contributed by atoms with Crippen LogP contribution in [0.2, 0.25) is 5.02 Å². The Morgan fingerprint density at radius 1 is 1.15 bits per heavy atom. The van der Waals surface area contributed by atoms with Gasteiger partial charge >= 0.3 is 5.88 Å². The van der Waals surface area contributed by atoms with Gasteiger partial charge in [0.15, 0.2) is 5.76 Å². The van der Waals surface area contributed by atoms with Crippen LogP contribution in [-0.4, -0.2) is 16.1 Å². The van der Waals surface area contributed by atoms with E-state index < -0.39 is 15.7 Å². The summed E-state index contributed by atoms with van der Waals surface area (Å²) in [5, 5.41) is 21.1. The molecule has 1 aromatic heterocycles. The maximum atomic E-state index is 10.7. The Morgan fingerprint density at radius 3 is 2.50 bits per heavy atom. The van der Waals surface area contributed by atoms with Crippen molar-refractivity contribution in [1.29, 1.82) is 0 Å². The molecule has 0 N–H and O–H groups in total. The molecule has 8 nitrogen and oxygen atoms in total. The largest absolute Gasteiger partial charge is 0.433 e. The van der Waals surface area contributed by atoms with Crippen LogP contribution in [0.5, 0.6) is 0 Å². The Morgan fingerprint density at radius 2 is 1.90 bits per heavy atom. The number of rotatable bonds is 4. The second-order valence-corrected chi connectivity index (χ2v) is 3.99. The molecule has 0 unspecified atom stereocenters. The molecule has 102 valence electrons. The Labute approximate surface area is 116 Å². The first-order valence-corrected chi connectivity index (χ1v) is 5.57. The van der Waals surface area contributed by atoms with Crippen molar-refractivity contribution in [2.75, 3.05) is 0 Å². The summed E-state index contributed by atoms with van der Waals surface area (Å²) in [6.45, 7) is 0. The summed E-state index contributed by atoms with van der Waals surface area (Å²) in [5.41, 5.74) is 0.00638. The van der Waals surface area contributed by atoms with Crippen molar-refractivity contribution in [2.24, 2.45) is 4.99 Å². The fraction of sp³-hybridized carbons (Fsp3) is 0. The van der Waals surface area contributed by atoms with Crippen LogP contribution >= 0.6 is 11.6 Å². The van der Waals surface area contributed by atoms with E-state index in [9.17, 15) is 20.2 Å². The summed E-state index contributed by atoms with van der Waals surface area (Å²) in [6, 6.07) is 6.56. The number of hydrogen-bond acceptors (Lipinski definition) is 6. The van der Waals surface area contributed by atoms with E-state index in [1.54, 1.807) is 0 Å². The van der Waals surface area contributed by atoms with Crippen molar-refractivity contribution >= 4 is 35.1 Å². The zero-order chi connectivity index (χ0) is 14.7. The van der Waals surface area contributed by atoms with Gasteiger partial charge in [-0.25, -0.2) is 0 Å². The highest BCUT2D eigenvalue weighted by atomic mass is 35.5. The molecule has 20 heavy (non-hydrogen) atoms. The van der Waals surface area contributed by atoms with Gasteiger partial charge in [-0.1, -0.05) is 11.6 Å². The van der Waals surface area contributed by atoms with E-state index in [1.165, 1.54) is 36.5 Å². The van der Waals surface area contributed by atoms with Crippen LogP contribution < -0.4 is 0 Å². The molecule has 0 bridgehead atoms. The molecule has 0 saturated heterocycles. The van der Waals surface area contributed by atoms with Gasteiger partial charge in [0.25, 0.3) is 5.69 Å². The first-order valence-electron chi connectivity index (χ1n) is 5.19. The van der Waals surface area contributed by atoms with Gasteiger partial charge in [0.1, 0.15) is 9.95 Å². The topological polar surface area (TPSA) is 112 Å². The average molecular weight is 296 g/mol. The SMILES string of the molecule is O=[N+]([O-])c1ccc(/C=N/c2ccc(Cl)c([N+](=O)[O-])c2)o1. The average Bonchev–Trinajstić information content (AvgIpc) is 2.86. The Balaban J connectivity index is 2.24. The second-order valence-electron chi connectivity index (χ2n) is 3.58. The van der Waals surface area contributed by atoms with Crippen molar-refractivity contribution < 1.29 is 14.3 Å². The van der Waals surface area contributed by atoms with Gasteiger partial charge in [0.05, 0.1) is 22.9 Å². The molecule has 0 atom stereocenters. The number of halogens is 1. The number of nitro benzene ring substituents is 1. The lowest BCUT2D eigenvalue weighted by molar-refractivity contribution is -0.402. The van der Waals surface area contributed by atoms with Crippen LogP contribution in [0, 0.1) is 20.2 Å². The lowest BCUT2D eigenvalue weighted by atomic mass is 10.3. The fourth-order valence-corrected chi connectivity index (χ4v) is 1.56. The lowest BCUT2D eigenvalue weighted by Crippen LogP contribution is -1.88. The Bertz CT molecular complexity index is 710.